The van der Waals surface area contributed by atoms with Crippen LogP contribution in [0.15, 0.2) is 29.4 Å². The van der Waals surface area contributed by atoms with E-state index in [-0.39, 0.29) is 10.8 Å². The lowest BCUT2D eigenvalue weighted by Gasteiger charge is -2.20. The summed E-state index contributed by atoms with van der Waals surface area (Å²) in [4.78, 5) is 4.52. The third-order valence-electron chi connectivity index (χ3n) is 2.57. The van der Waals surface area contributed by atoms with E-state index in [1.54, 1.807) is 0 Å². The van der Waals surface area contributed by atoms with Gasteiger partial charge in [0.15, 0.2) is 0 Å². The fourth-order valence-corrected chi connectivity index (χ4v) is 0.913. The van der Waals surface area contributed by atoms with Crippen molar-refractivity contribution < 1.29 is 0 Å². The minimum atomic E-state index is 0.114. The van der Waals surface area contributed by atoms with Crippen LogP contribution in [0.2, 0.25) is 0 Å². The molecule has 86 valence electrons. The van der Waals surface area contributed by atoms with E-state index >= 15 is 0 Å². The number of nitrogens with zero attached hydrogens (tertiary/aromatic N) is 1. The van der Waals surface area contributed by atoms with Crippen LogP contribution >= 0.6 is 0 Å². The molecule has 0 aromatic heterocycles. The van der Waals surface area contributed by atoms with Crippen molar-refractivity contribution in [3.8, 4) is 0 Å². The van der Waals surface area contributed by atoms with Crippen molar-refractivity contribution in [1.82, 2.24) is 0 Å². The van der Waals surface area contributed by atoms with Crippen molar-refractivity contribution in [2.24, 2.45) is 15.8 Å². The zero-order valence-electron chi connectivity index (χ0n) is 11.3. The van der Waals surface area contributed by atoms with E-state index in [9.17, 15) is 0 Å². The highest BCUT2D eigenvalue weighted by atomic mass is 14.7. The second-order valence-electron chi connectivity index (χ2n) is 6.00. The quantitative estimate of drug-likeness (QED) is 0.463. The largest absolute Gasteiger partial charge is 0.265 e. The summed E-state index contributed by atoms with van der Waals surface area (Å²) >= 11 is 0. The minimum absolute atomic E-state index is 0.114. The average Bonchev–Trinajstić information content (AvgIpc) is 2.00. The highest BCUT2D eigenvalue weighted by Gasteiger charge is 2.16. The minimum Gasteiger partial charge on any atom is -0.265 e. The smallest absolute Gasteiger partial charge is 0.0304 e. The van der Waals surface area contributed by atoms with Gasteiger partial charge in [-0.25, -0.2) is 0 Å². The predicted octanol–water partition coefficient (Wildman–Crippen LogP) is 4.61. The molecule has 0 radical (unpaired) electrons. The Balaban J connectivity index is 4.99. The van der Waals surface area contributed by atoms with Crippen LogP contribution in [-0.4, -0.2) is 5.71 Å². The maximum absolute atomic E-state index is 4.52. The second kappa shape index (κ2) is 4.78. The molecule has 15 heavy (non-hydrogen) atoms. The van der Waals surface area contributed by atoms with Crippen LogP contribution in [0.25, 0.3) is 0 Å². The van der Waals surface area contributed by atoms with Crippen LogP contribution in [0, 0.1) is 10.8 Å². The zero-order valence-corrected chi connectivity index (χ0v) is 11.3. The monoisotopic (exact) mass is 207 g/mol. The SMILES string of the molecule is C=C/C(=C\N=C(C)C(C)(C)C)C(C)(C)C. The van der Waals surface area contributed by atoms with Gasteiger partial charge in [-0.2, -0.15) is 0 Å². The summed E-state index contributed by atoms with van der Waals surface area (Å²) in [6.07, 6.45) is 3.83. The second-order valence-corrected chi connectivity index (χ2v) is 6.00. The number of aliphatic imine (C=N–C) groups is 1. The van der Waals surface area contributed by atoms with E-state index in [2.05, 4.69) is 60.0 Å². The number of hydrogen-bond donors (Lipinski definition) is 0. The Morgan fingerprint density at radius 1 is 1.00 bits per heavy atom. The van der Waals surface area contributed by atoms with Crippen LogP contribution in [0.1, 0.15) is 48.5 Å². The Morgan fingerprint density at radius 2 is 1.47 bits per heavy atom. The molecule has 0 atom stereocenters. The first-order chi connectivity index (χ1) is 6.59. The van der Waals surface area contributed by atoms with Crippen molar-refractivity contribution in [3.63, 3.8) is 0 Å². The molecule has 0 heterocycles. The molecule has 0 aliphatic heterocycles. The summed E-state index contributed by atoms with van der Waals surface area (Å²) in [5, 5.41) is 0. The first kappa shape index (κ1) is 14.2. The third kappa shape index (κ3) is 4.96. The molecule has 0 spiro atoms. The molecule has 0 N–H and O–H groups in total. The lowest BCUT2D eigenvalue weighted by atomic mass is 9.87. The summed E-state index contributed by atoms with van der Waals surface area (Å²) < 4.78 is 0. The van der Waals surface area contributed by atoms with Crippen LogP contribution < -0.4 is 0 Å². The molecule has 0 saturated carbocycles. The Morgan fingerprint density at radius 3 is 1.73 bits per heavy atom. The van der Waals surface area contributed by atoms with Crippen LogP contribution in [0.5, 0.6) is 0 Å². The van der Waals surface area contributed by atoms with Crippen molar-refractivity contribution in [2.75, 3.05) is 0 Å². The van der Waals surface area contributed by atoms with Gasteiger partial charge in [-0.05, 0) is 23.3 Å². The molecular weight excluding hydrogens is 182 g/mol. The van der Waals surface area contributed by atoms with Crippen LogP contribution in [0.4, 0.5) is 0 Å². The number of rotatable bonds is 2. The first-order valence-corrected chi connectivity index (χ1v) is 5.47. The molecule has 0 aromatic rings. The molecular formula is C14H25N. The Kier molecular flexibility index (Phi) is 4.51. The van der Waals surface area contributed by atoms with Crippen molar-refractivity contribution in [3.05, 3.63) is 24.4 Å². The fraction of sp³-hybridized carbons (Fsp3) is 0.643. The summed E-state index contributed by atoms with van der Waals surface area (Å²) in [6.45, 7) is 18.9. The molecule has 0 aromatic carbocycles. The molecule has 0 rings (SSSR count). The molecule has 0 saturated heterocycles. The average molecular weight is 207 g/mol. The molecule has 0 fully saturated rings. The lowest BCUT2D eigenvalue weighted by molar-refractivity contribution is 0.515. The van der Waals surface area contributed by atoms with E-state index in [0.29, 0.717) is 0 Å². The lowest BCUT2D eigenvalue weighted by Crippen LogP contribution is -2.16. The van der Waals surface area contributed by atoms with E-state index < -0.39 is 0 Å². The first-order valence-electron chi connectivity index (χ1n) is 5.47. The Labute approximate surface area is 95.0 Å². The molecule has 0 bridgehead atoms. The van der Waals surface area contributed by atoms with Crippen LogP contribution in [-0.2, 0) is 0 Å². The highest BCUT2D eigenvalue weighted by molar-refractivity contribution is 5.87. The van der Waals surface area contributed by atoms with Gasteiger partial charge in [-0.15, -0.1) is 0 Å². The standard InChI is InChI=1S/C14H25N/c1-9-12(14(6,7)8)10-15-11(2)13(3,4)5/h9-10H,1H2,2-8H3/b12-10+,15-11?. The maximum Gasteiger partial charge on any atom is 0.0304 e. The van der Waals surface area contributed by atoms with E-state index in [4.69, 9.17) is 0 Å². The van der Waals surface area contributed by atoms with Gasteiger partial charge in [-0.3, -0.25) is 4.99 Å². The third-order valence-corrected chi connectivity index (χ3v) is 2.57. The molecule has 0 aliphatic carbocycles. The topological polar surface area (TPSA) is 12.4 Å². The molecule has 0 unspecified atom stereocenters. The predicted molar refractivity (Wildman–Crippen MR) is 70.3 cm³/mol. The van der Waals surface area contributed by atoms with E-state index in [0.717, 1.165) is 5.71 Å². The number of allylic oxidation sites excluding steroid dienone is 2. The summed E-state index contributed by atoms with van der Waals surface area (Å²) in [6, 6.07) is 0. The maximum atomic E-state index is 4.52. The van der Waals surface area contributed by atoms with Gasteiger partial charge in [0.25, 0.3) is 0 Å². The van der Waals surface area contributed by atoms with Gasteiger partial charge >= 0.3 is 0 Å². The van der Waals surface area contributed by atoms with Crippen LogP contribution in [0.3, 0.4) is 0 Å². The Bertz CT molecular complexity index is 279. The number of hydrogen-bond acceptors (Lipinski definition) is 1. The zero-order chi connectivity index (χ0) is 12.3. The van der Waals surface area contributed by atoms with Crippen molar-refractivity contribution >= 4 is 5.71 Å². The molecule has 0 amide bonds. The molecule has 1 nitrogen and oxygen atoms in total. The molecule has 1 heteroatoms. The summed E-state index contributed by atoms with van der Waals surface area (Å²) in [5.74, 6) is 0. The Hall–Kier alpha value is -0.850. The van der Waals surface area contributed by atoms with Crippen molar-refractivity contribution in [2.45, 2.75) is 48.5 Å². The summed E-state index contributed by atoms with van der Waals surface area (Å²) in [7, 11) is 0. The van der Waals surface area contributed by atoms with Gasteiger partial charge < -0.3 is 0 Å². The fourth-order valence-electron chi connectivity index (χ4n) is 0.913. The highest BCUT2D eigenvalue weighted by Crippen LogP contribution is 2.26. The summed E-state index contributed by atoms with van der Waals surface area (Å²) in [5.41, 5.74) is 2.57. The van der Waals surface area contributed by atoms with Crippen molar-refractivity contribution in [1.29, 1.82) is 0 Å². The normalized spacial score (nSPS) is 15.4. The van der Waals surface area contributed by atoms with Gasteiger partial charge in [0.1, 0.15) is 0 Å². The van der Waals surface area contributed by atoms with Gasteiger partial charge in [0.05, 0.1) is 0 Å². The van der Waals surface area contributed by atoms with Gasteiger partial charge in [-0.1, -0.05) is 54.2 Å². The van der Waals surface area contributed by atoms with Gasteiger partial charge in [0.2, 0.25) is 0 Å². The molecule has 0 aliphatic rings. The van der Waals surface area contributed by atoms with E-state index in [1.165, 1.54) is 5.57 Å². The van der Waals surface area contributed by atoms with E-state index in [1.807, 2.05) is 12.3 Å². The van der Waals surface area contributed by atoms with Gasteiger partial charge in [0, 0.05) is 11.9 Å².